The van der Waals surface area contributed by atoms with E-state index in [1.54, 1.807) is 20.8 Å². The molecule has 8 heteroatoms. The Hall–Kier alpha value is -2.38. The molecule has 1 rings (SSSR count). The zero-order valence-corrected chi connectivity index (χ0v) is 13.0. The molecule has 23 heavy (non-hydrogen) atoms. The van der Waals surface area contributed by atoms with Crippen molar-refractivity contribution in [3.63, 3.8) is 0 Å². The summed E-state index contributed by atoms with van der Waals surface area (Å²) in [4.78, 5) is 22.6. The van der Waals surface area contributed by atoms with E-state index in [0.717, 1.165) is 6.07 Å². The van der Waals surface area contributed by atoms with Gasteiger partial charge in [0.25, 0.3) is 0 Å². The summed E-state index contributed by atoms with van der Waals surface area (Å²) in [5.74, 6) is -3.41. The van der Waals surface area contributed by atoms with Crippen LogP contribution < -0.4 is 5.32 Å². The molecule has 0 saturated heterocycles. The summed E-state index contributed by atoms with van der Waals surface area (Å²) < 4.78 is 31.4. The van der Waals surface area contributed by atoms with Crippen molar-refractivity contribution in [3.8, 4) is 5.75 Å². The van der Waals surface area contributed by atoms with E-state index in [-0.39, 0.29) is 17.0 Å². The van der Waals surface area contributed by atoms with Crippen molar-refractivity contribution in [2.75, 3.05) is 5.32 Å². The largest absolute Gasteiger partial charge is 0.508 e. The Morgan fingerprint density at radius 1 is 1.30 bits per heavy atom. The number of ether oxygens (including phenoxy) is 1. The number of phenols is 1. The Morgan fingerprint density at radius 2 is 1.91 bits per heavy atom. The topological polar surface area (TPSA) is 95.9 Å². The van der Waals surface area contributed by atoms with Crippen molar-refractivity contribution in [2.24, 2.45) is 0 Å². The van der Waals surface area contributed by atoms with Crippen molar-refractivity contribution >= 4 is 17.7 Å². The number of anilines is 1. The van der Waals surface area contributed by atoms with Crippen LogP contribution in [0.25, 0.3) is 0 Å². The maximum absolute atomic E-state index is 13.2. The lowest BCUT2D eigenvalue weighted by Crippen LogP contribution is -2.28. The van der Waals surface area contributed by atoms with E-state index in [4.69, 9.17) is 9.84 Å². The summed E-state index contributed by atoms with van der Waals surface area (Å²) in [5, 5.41) is 20.6. The number of rotatable bonds is 5. The second kappa shape index (κ2) is 7.26. The van der Waals surface area contributed by atoms with Crippen molar-refractivity contribution in [1.82, 2.24) is 0 Å². The lowest BCUT2D eigenvalue weighted by Gasteiger charge is -2.22. The fourth-order valence-electron chi connectivity index (χ4n) is 1.91. The van der Waals surface area contributed by atoms with Crippen LogP contribution >= 0.6 is 0 Å². The van der Waals surface area contributed by atoms with Crippen LogP contribution in [0, 0.1) is 0 Å². The number of amides is 1. The highest BCUT2D eigenvalue weighted by molar-refractivity contribution is 5.86. The number of phenolic OH excluding ortho intramolecular Hbond substituents is 1. The molecule has 1 aromatic carbocycles. The van der Waals surface area contributed by atoms with Gasteiger partial charge in [-0.15, -0.1) is 0 Å². The first-order valence-electron chi connectivity index (χ1n) is 6.82. The number of halogens is 2. The number of aromatic hydroxyl groups is 1. The smallest absolute Gasteiger partial charge is 0.412 e. The Bertz CT molecular complexity index is 584. The Balaban J connectivity index is 3.13. The van der Waals surface area contributed by atoms with Crippen molar-refractivity contribution in [3.05, 3.63) is 23.8 Å². The molecule has 0 aliphatic heterocycles. The van der Waals surface area contributed by atoms with Gasteiger partial charge in [0.05, 0.1) is 12.3 Å². The number of carbonyl (C=O) groups excluding carboxylic acids is 1. The van der Waals surface area contributed by atoms with Gasteiger partial charge in [-0.2, -0.15) is 0 Å². The minimum Gasteiger partial charge on any atom is -0.508 e. The maximum Gasteiger partial charge on any atom is 0.412 e. The molecule has 0 bridgehead atoms. The minimum atomic E-state index is -2.98. The van der Waals surface area contributed by atoms with Gasteiger partial charge < -0.3 is 14.9 Å². The van der Waals surface area contributed by atoms with Crippen LogP contribution in [0.15, 0.2) is 18.2 Å². The first-order chi connectivity index (χ1) is 10.5. The molecular weight excluding hydrogens is 312 g/mol. The predicted octanol–water partition coefficient (Wildman–Crippen LogP) is 3.56. The van der Waals surface area contributed by atoms with E-state index in [0.29, 0.717) is 0 Å². The van der Waals surface area contributed by atoms with E-state index in [1.165, 1.54) is 12.1 Å². The van der Waals surface area contributed by atoms with E-state index in [2.05, 4.69) is 5.32 Å². The summed E-state index contributed by atoms with van der Waals surface area (Å²) in [6, 6.07) is 3.41. The normalized spacial score (nSPS) is 12.8. The number of hydrogen-bond donors (Lipinski definition) is 3. The molecule has 6 nitrogen and oxygen atoms in total. The second-order valence-electron chi connectivity index (χ2n) is 5.94. The van der Waals surface area contributed by atoms with Gasteiger partial charge in [-0.1, -0.05) is 0 Å². The molecule has 0 heterocycles. The molecule has 0 spiro atoms. The van der Waals surface area contributed by atoms with E-state index >= 15 is 0 Å². The highest BCUT2D eigenvalue weighted by atomic mass is 19.3. The molecule has 0 aromatic heterocycles. The van der Waals surface area contributed by atoms with E-state index < -0.39 is 36.4 Å². The molecule has 1 aromatic rings. The van der Waals surface area contributed by atoms with Gasteiger partial charge in [0.1, 0.15) is 11.4 Å². The number of carboxylic acid groups (broad SMARTS) is 1. The second-order valence-corrected chi connectivity index (χ2v) is 5.94. The monoisotopic (exact) mass is 331 g/mol. The molecule has 1 atom stereocenters. The van der Waals surface area contributed by atoms with Crippen LogP contribution in [0.3, 0.4) is 0 Å². The van der Waals surface area contributed by atoms with Crippen LogP contribution in [0.1, 0.15) is 38.7 Å². The van der Waals surface area contributed by atoms with Gasteiger partial charge in [-0.3, -0.25) is 10.1 Å². The highest BCUT2D eigenvalue weighted by Crippen LogP contribution is 2.35. The molecule has 3 N–H and O–H groups in total. The Labute approximate surface area is 132 Å². The number of carbonyl (C=O) groups is 2. The predicted molar refractivity (Wildman–Crippen MR) is 79.0 cm³/mol. The summed E-state index contributed by atoms with van der Waals surface area (Å²) in [5.41, 5.74) is -0.999. The lowest BCUT2D eigenvalue weighted by atomic mass is 9.94. The number of hydrogen-bond acceptors (Lipinski definition) is 4. The standard InChI is InChI=1S/C15H19F2NO5/c1-15(2,3)23-14(22)18-11-5-4-8(19)6-9(11)10(13(16)17)7-12(20)21/h4-6,10,13,19H,7H2,1-3H3,(H,18,22)(H,20,21). The zero-order valence-electron chi connectivity index (χ0n) is 13.0. The van der Waals surface area contributed by atoms with Crippen LogP contribution in [-0.2, 0) is 9.53 Å². The molecule has 0 saturated carbocycles. The number of aliphatic carboxylic acids is 1. The van der Waals surface area contributed by atoms with Crippen molar-refractivity contribution in [2.45, 2.75) is 45.1 Å². The average molecular weight is 331 g/mol. The average Bonchev–Trinajstić information content (AvgIpc) is 2.35. The van der Waals surface area contributed by atoms with Gasteiger partial charge >= 0.3 is 12.1 Å². The van der Waals surface area contributed by atoms with Gasteiger partial charge in [-0.05, 0) is 44.5 Å². The van der Waals surface area contributed by atoms with Gasteiger partial charge in [0.2, 0.25) is 6.43 Å². The third kappa shape index (κ3) is 6.09. The summed E-state index contributed by atoms with van der Waals surface area (Å²) in [6.07, 6.45) is -4.69. The quantitative estimate of drug-likeness (QED) is 0.717. The molecule has 128 valence electrons. The molecule has 1 amide bonds. The third-order valence-corrected chi connectivity index (χ3v) is 2.77. The van der Waals surface area contributed by atoms with Crippen LogP contribution in [0.5, 0.6) is 5.75 Å². The van der Waals surface area contributed by atoms with E-state index in [9.17, 15) is 23.5 Å². The molecular formula is C15H19F2NO5. The van der Waals surface area contributed by atoms with Gasteiger partial charge in [0, 0.05) is 5.69 Å². The number of nitrogens with one attached hydrogen (secondary N) is 1. The first kappa shape index (κ1) is 18.7. The lowest BCUT2D eigenvalue weighted by molar-refractivity contribution is -0.138. The fraction of sp³-hybridized carbons (Fsp3) is 0.467. The minimum absolute atomic E-state index is 0.0383. The molecule has 0 fully saturated rings. The number of alkyl halides is 2. The molecule has 0 aliphatic carbocycles. The third-order valence-electron chi connectivity index (χ3n) is 2.77. The van der Waals surface area contributed by atoms with E-state index in [1.807, 2.05) is 0 Å². The van der Waals surface area contributed by atoms with Crippen molar-refractivity contribution < 1.29 is 33.3 Å². The van der Waals surface area contributed by atoms with Crippen molar-refractivity contribution in [1.29, 1.82) is 0 Å². The fourth-order valence-corrected chi connectivity index (χ4v) is 1.91. The number of carboxylic acids is 1. The Morgan fingerprint density at radius 3 is 2.39 bits per heavy atom. The zero-order chi connectivity index (χ0) is 17.8. The molecule has 0 aliphatic rings. The van der Waals surface area contributed by atoms with Gasteiger partial charge in [-0.25, -0.2) is 13.6 Å². The Kier molecular flexibility index (Phi) is 5.89. The summed E-state index contributed by atoms with van der Waals surface area (Å²) in [7, 11) is 0. The number of benzene rings is 1. The summed E-state index contributed by atoms with van der Waals surface area (Å²) >= 11 is 0. The SMILES string of the molecule is CC(C)(C)OC(=O)Nc1ccc(O)cc1C(CC(=O)O)C(F)F. The van der Waals surface area contributed by atoms with Crippen LogP contribution in [0.2, 0.25) is 0 Å². The maximum atomic E-state index is 13.2. The van der Waals surface area contributed by atoms with Crippen LogP contribution in [0.4, 0.5) is 19.3 Å². The first-order valence-corrected chi connectivity index (χ1v) is 6.82. The molecule has 0 radical (unpaired) electrons. The highest BCUT2D eigenvalue weighted by Gasteiger charge is 2.29. The molecule has 1 unspecified atom stereocenters. The summed E-state index contributed by atoms with van der Waals surface area (Å²) in [6.45, 7) is 4.91. The van der Waals surface area contributed by atoms with Crippen LogP contribution in [-0.4, -0.2) is 34.3 Å². The van der Waals surface area contributed by atoms with Gasteiger partial charge in [0.15, 0.2) is 0 Å².